The molecule has 0 unspecified atom stereocenters. The lowest BCUT2D eigenvalue weighted by atomic mass is 9.91. The Morgan fingerprint density at radius 1 is 1.00 bits per heavy atom. The number of piperidine rings is 1. The predicted molar refractivity (Wildman–Crippen MR) is 112 cm³/mol. The molecule has 0 radical (unpaired) electrons. The first-order chi connectivity index (χ1) is 13.2. The Morgan fingerprint density at radius 3 is 2.21 bits per heavy atom. The minimum atomic E-state index is -3.77. The number of benzene rings is 2. The van der Waals surface area contributed by atoms with Crippen molar-refractivity contribution in [2.24, 2.45) is 11.8 Å². The molecule has 0 bridgehead atoms. The number of amides is 1. The summed E-state index contributed by atoms with van der Waals surface area (Å²) < 4.78 is 28.2. The summed E-state index contributed by atoms with van der Waals surface area (Å²) >= 11 is 0. The van der Waals surface area contributed by atoms with Crippen LogP contribution < -0.4 is 4.72 Å². The predicted octanol–water partition coefficient (Wildman–Crippen LogP) is 4.22. The highest BCUT2D eigenvalue weighted by molar-refractivity contribution is 7.92. The number of anilines is 1. The molecule has 1 aliphatic rings. The van der Waals surface area contributed by atoms with Gasteiger partial charge >= 0.3 is 0 Å². The summed E-state index contributed by atoms with van der Waals surface area (Å²) in [5.74, 6) is 0.800. The first-order valence-electron chi connectivity index (χ1n) is 9.65. The quantitative estimate of drug-likeness (QED) is 0.835. The molecule has 28 heavy (non-hydrogen) atoms. The molecular formula is C22H28N2O3S. The van der Waals surface area contributed by atoms with Gasteiger partial charge in [-0.3, -0.25) is 9.52 Å². The van der Waals surface area contributed by atoms with Crippen LogP contribution in [0.1, 0.15) is 41.8 Å². The van der Waals surface area contributed by atoms with Gasteiger partial charge in [-0.25, -0.2) is 8.42 Å². The van der Waals surface area contributed by atoms with Crippen molar-refractivity contribution in [3.63, 3.8) is 0 Å². The molecule has 1 saturated heterocycles. The number of aryl methyl sites for hydroxylation is 2. The molecule has 2 aromatic carbocycles. The molecule has 1 amide bonds. The van der Waals surface area contributed by atoms with Crippen LogP contribution in [0.2, 0.25) is 0 Å². The largest absolute Gasteiger partial charge is 0.338 e. The fraction of sp³-hybridized carbons (Fsp3) is 0.409. The van der Waals surface area contributed by atoms with Gasteiger partial charge in [0.05, 0.1) is 4.90 Å². The van der Waals surface area contributed by atoms with Crippen LogP contribution in [-0.2, 0) is 10.0 Å². The third-order valence-corrected chi connectivity index (χ3v) is 6.59. The molecule has 0 aliphatic carbocycles. The molecule has 3 rings (SSSR count). The van der Waals surface area contributed by atoms with Crippen LogP contribution in [-0.4, -0.2) is 32.3 Å². The van der Waals surface area contributed by atoms with Crippen LogP contribution in [0.4, 0.5) is 5.69 Å². The number of carbonyl (C=O) groups excluding carboxylic acids is 1. The van der Waals surface area contributed by atoms with Crippen LogP contribution in [0.25, 0.3) is 0 Å². The van der Waals surface area contributed by atoms with E-state index in [1.54, 1.807) is 24.3 Å². The first kappa shape index (κ1) is 20.4. The van der Waals surface area contributed by atoms with E-state index in [-0.39, 0.29) is 10.8 Å². The highest BCUT2D eigenvalue weighted by atomic mass is 32.2. The maximum atomic E-state index is 13.1. The van der Waals surface area contributed by atoms with Gasteiger partial charge in [0.15, 0.2) is 0 Å². The third kappa shape index (κ3) is 4.55. The van der Waals surface area contributed by atoms with Gasteiger partial charge in [0.2, 0.25) is 0 Å². The second-order valence-corrected chi connectivity index (χ2v) is 9.79. The highest BCUT2D eigenvalue weighted by Crippen LogP contribution is 2.25. The monoisotopic (exact) mass is 400 g/mol. The fourth-order valence-corrected chi connectivity index (χ4v) is 4.92. The van der Waals surface area contributed by atoms with Gasteiger partial charge in [0.25, 0.3) is 15.9 Å². The number of rotatable bonds is 4. The summed E-state index contributed by atoms with van der Waals surface area (Å²) in [6.45, 7) is 9.50. The van der Waals surface area contributed by atoms with E-state index in [9.17, 15) is 13.2 Å². The Hall–Kier alpha value is -2.34. The Labute approximate surface area is 167 Å². The van der Waals surface area contributed by atoms with E-state index in [1.807, 2.05) is 30.9 Å². The van der Waals surface area contributed by atoms with Gasteiger partial charge in [0, 0.05) is 24.3 Å². The topological polar surface area (TPSA) is 66.5 Å². The Kier molecular flexibility index (Phi) is 5.79. The number of carbonyl (C=O) groups is 1. The zero-order chi connectivity index (χ0) is 20.5. The van der Waals surface area contributed by atoms with Crippen LogP contribution in [0, 0.1) is 25.7 Å². The van der Waals surface area contributed by atoms with E-state index < -0.39 is 10.0 Å². The third-order valence-electron chi connectivity index (χ3n) is 5.21. The van der Waals surface area contributed by atoms with Crippen LogP contribution in [0.15, 0.2) is 47.4 Å². The fourth-order valence-electron chi connectivity index (χ4n) is 3.83. The van der Waals surface area contributed by atoms with Crippen molar-refractivity contribution in [2.75, 3.05) is 17.8 Å². The molecule has 0 spiro atoms. The Bertz CT molecular complexity index is 958. The second kappa shape index (κ2) is 7.95. The van der Waals surface area contributed by atoms with Crippen molar-refractivity contribution in [3.8, 4) is 0 Å². The zero-order valence-electron chi connectivity index (χ0n) is 16.9. The molecule has 1 aliphatic heterocycles. The SMILES string of the molecule is Cc1ccc(NS(=O)(=O)c2ccc(C)c(C(=O)N3C[C@H](C)C[C@@H](C)C3)c2)cc1. The summed E-state index contributed by atoms with van der Waals surface area (Å²) in [5, 5.41) is 0. The Morgan fingerprint density at radius 2 is 1.61 bits per heavy atom. The van der Waals surface area contributed by atoms with Crippen LogP contribution in [0.3, 0.4) is 0 Å². The minimum absolute atomic E-state index is 0.0942. The summed E-state index contributed by atoms with van der Waals surface area (Å²) in [5.41, 5.74) is 2.78. The molecule has 6 heteroatoms. The van der Waals surface area contributed by atoms with Crippen molar-refractivity contribution < 1.29 is 13.2 Å². The van der Waals surface area contributed by atoms with Gasteiger partial charge in [-0.2, -0.15) is 0 Å². The van der Waals surface area contributed by atoms with Gasteiger partial charge in [-0.15, -0.1) is 0 Å². The number of likely N-dealkylation sites (tertiary alicyclic amines) is 1. The van der Waals surface area contributed by atoms with Crippen molar-refractivity contribution >= 4 is 21.6 Å². The van der Waals surface area contributed by atoms with Crippen LogP contribution in [0.5, 0.6) is 0 Å². The van der Waals surface area contributed by atoms with E-state index >= 15 is 0 Å². The van der Waals surface area contributed by atoms with Crippen molar-refractivity contribution in [1.29, 1.82) is 0 Å². The van der Waals surface area contributed by atoms with E-state index in [0.717, 1.165) is 17.5 Å². The number of hydrogen-bond acceptors (Lipinski definition) is 3. The molecule has 1 heterocycles. The van der Waals surface area contributed by atoms with E-state index in [0.29, 0.717) is 36.2 Å². The second-order valence-electron chi connectivity index (χ2n) is 8.10. The maximum absolute atomic E-state index is 13.1. The molecule has 150 valence electrons. The van der Waals surface area contributed by atoms with Gasteiger partial charge < -0.3 is 4.90 Å². The lowest BCUT2D eigenvalue weighted by Gasteiger charge is -2.35. The van der Waals surface area contributed by atoms with Gasteiger partial charge in [-0.05, 0) is 61.9 Å². The number of nitrogens with one attached hydrogen (secondary N) is 1. The highest BCUT2D eigenvalue weighted by Gasteiger charge is 2.28. The number of sulfonamides is 1. The van der Waals surface area contributed by atoms with E-state index in [1.165, 1.54) is 6.07 Å². The normalized spacial score (nSPS) is 20.1. The van der Waals surface area contributed by atoms with Crippen molar-refractivity contribution in [2.45, 2.75) is 39.0 Å². The molecular weight excluding hydrogens is 372 g/mol. The summed E-state index contributed by atoms with van der Waals surface area (Å²) in [6, 6.07) is 11.9. The molecule has 5 nitrogen and oxygen atoms in total. The first-order valence-corrected chi connectivity index (χ1v) is 11.1. The average molecular weight is 401 g/mol. The molecule has 1 fully saturated rings. The smallest absolute Gasteiger partial charge is 0.261 e. The Balaban J connectivity index is 1.88. The lowest BCUT2D eigenvalue weighted by molar-refractivity contribution is 0.0622. The van der Waals surface area contributed by atoms with E-state index in [2.05, 4.69) is 18.6 Å². The summed E-state index contributed by atoms with van der Waals surface area (Å²) in [7, 11) is -3.77. The molecule has 2 atom stereocenters. The molecule has 0 saturated carbocycles. The minimum Gasteiger partial charge on any atom is -0.338 e. The van der Waals surface area contributed by atoms with Crippen molar-refractivity contribution in [1.82, 2.24) is 4.90 Å². The van der Waals surface area contributed by atoms with Gasteiger partial charge in [0.1, 0.15) is 0 Å². The average Bonchev–Trinajstić information content (AvgIpc) is 2.62. The van der Waals surface area contributed by atoms with Crippen LogP contribution >= 0.6 is 0 Å². The van der Waals surface area contributed by atoms with E-state index in [4.69, 9.17) is 0 Å². The van der Waals surface area contributed by atoms with Gasteiger partial charge in [-0.1, -0.05) is 37.6 Å². The lowest BCUT2D eigenvalue weighted by Crippen LogP contribution is -2.42. The summed E-state index contributed by atoms with van der Waals surface area (Å²) in [4.78, 5) is 15.0. The molecule has 2 aromatic rings. The maximum Gasteiger partial charge on any atom is 0.261 e. The zero-order valence-corrected chi connectivity index (χ0v) is 17.7. The number of nitrogens with zero attached hydrogens (tertiary/aromatic N) is 1. The number of hydrogen-bond donors (Lipinski definition) is 1. The summed E-state index contributed by atoms with van der Waals surface area (Å²) in [6.07, 6.45) is 1.11. The standard InChI is InChI=1S/C22H28N2O3S/c1-15-5-8-19(9-6-15)23-28(26,27)20-10-7-18(4)21(12-20)22(25)24-13-16(2)11-17(3)14-24/h5-10,12,16-17,23H,11,13-14H2,1-4H3/t16-,17-/m1/s1. The molecule has 1 N–H and O–H groups in total. The van der Waals surface area contributed by atoms with Crippen molar-refractivity contribution in [3.05, 3.63) is 59.2 Å². The molecule has 0 aromatic heterocycles.